The SMILES string of the molecule is Cc1cnn(CCCC(=O)Nc2cc(Cl)ccc2N)c1. The van der Waals surface area contributed by atoms with Crippen LogP contribution in [0, 0.1) is 6.92 Å². The molecule has 0 aliphatic carbocycles. The predicted octanol–water partition coefficient (Wildman–Crippen LogP) is 2.85. The molecular weight excluding hydrogens is 276 g/mol. The molecule has 5 nitrogen and oxygen atoms in total. The molecule has 0 atom stereocenters. The molecule has 0 radical (unpaired) electrons. The number of anilines is 2. The van der Waals surface area contributed by atoms with E-state index in [0.717, 1.165) is 5.56 Å². The van der Waals surface area contributed by atoms with Gasteiger partial charge in [-0.15, -0.1) is 0 Å². The van der Waals surface area contributed by atoms with Crippen LogP contribution in [0.2, 0.25) is 5.02 Å². The molecule has 1 amide bonds. The lowest BCUT2D eigenvalue weighted by molar-refractivity contribution is -0.116. The minimum Gasteiger partial charge on any atom is -0.397 e. The number of nitrogen functional groups attached to an aromatic ring is 1. The molecule has 0 aliphatic heterocycles. The van der Waals surface area contributed by atoms with Crippen molar-refractivity contribution in [3.8, 4) is 0 Å². The molecule has 0 saturated heterocycles. The van der Waals surface area contributed by atoms with Gasteiger partial charge in [0.05, 0.1) is 17.6 Å². The maximum atomic E-state index is 11.8. The van der Waals surface area contributed by atoms with Crippen molar-refractivity contribution in [2.24, 2.45) is 0 Å². The van der Waals surface area contributed by atoms with Crippen LogP contribution in [-0.2, 0) is 11.3 Å². The number of halogens is 1. The van der Waals surface area contributed by atoms with E-state index in [9.17, 15) is 4.79 Å². The third-order valence-electron chi connectivity index (χ3n) is 2.84. The van der Waals surface area contributed by atoms with Crippen molar-refractivity contribution in [2.75, 3.05) is 11.1 Å². The van der Waals surface area contributed by atoms with Crippen molar-refractivity contribution in [1.29, 1.82) is 0 Å². The number of hydrogen-bond acceptors (Lipinski definition) is 3. The van der Waals surface area contributed by atoms with Crippen LogP contribution in [0.4, 0.5) is 11.4 Å². The van der Waals surface area contributed by atoms with Crippen LogP contribution in [0.15, 0.2) is 30.6 Å². The second kappa shape index (κ2) is 6.43. The van der Waals surface area contributed by atoms with Gasteiger partial charge in [-0.3, -0.25) is 9.48 Å². The molecule has 0 fully saturated rings. The highest BCUT2D eigenvalue weighted by Gasteiger charge is 2.06. The highest BCUT2D eigenvalue weighted by Crippen LogP contribution is 2.23. The van der Waals surface area contributed by atoms with Gasteiger partial charge in [0.1, 0.15) is 0 Å². The summed E-state index contributed by atoms with van der Waals surface area (Å²) in [4.78, 5) is 11.8. The number of carbonyl (C=O) groups is 1. The van der Waals surface area contributed by atoms with Gasteiger partial charge in [-0.2, -0.15) is 5.10 Å². The first-order valence-electron chi connectivity index (χ1n) is 6.38. The largest absolute Gasteiger partial charge is 0.397 e. The quantitative estimate of drug-likeness (QED) is 0.832. The maximum absolute atomic E-state index is 11.8. The lowest BCUT2D eigenvalue weighted by Crippen LogP contribution is -2.13. The maximum Gasteiger partial charge on any atom is 0.224 e. The van der Waals surface area contributed by atoms with E-state index in [2.05, 4.69) is 10.4 Å². The van der Waals surface area contributed by atoms with Crippen LogP contribution >= 0.6 is 11.6 Å². The Hall–Kier alpha value is -2.01. The summed E-state index contributed by atoms with van der Waals surface area (Å²) in [7, 11) is 0. The monoisotopic (exact) mass is 292 g/mol. The molecule has 0 bridgehead atoms. The summed E-state index contributed by atoms with van der Waals surface area (Å²) in [6.07, 6.45) is 4.87. The first-order valence-corrected chi connectivity index (χ1v) is 6.76. The summed E-state index contributed by atoms with van der Waals surface area (Å²) in [6, 6.07) is 5.00. The molecule has 6 heteroatoms. The molecule has 2 aromatic rings. The van der Waals surface area contributed by atoms with Crippen LogP contribution < -0.4 is 11.1 Å². The Morgan fingerprint density at radius 3 is 3.00 bits per heavy atom. The number of nitrogens with two attached hydrogens (primary N) is 1. The van der Waals surface area contributed by atoms with Crippen LogP contribution in [0.1, 0.15) is 18.4 Å². The minimum absolute atomic E-state index is 0.0807. The Balaban J connectivity index is 1.82. The Morgan fingerprint density at radius 1 is 1.50 bits per heavy atom. The van der Waals surface area contributed by atoms with Gasteiger partial charge in [-0.1, -0.05) is 11.6 Å². The third kappa shape index (κ3) is 3.99. The fourth-order valence-electron chi connectivity index (χ4n) is 1.84. The fourth-order valence-corrected chi connectivity index (χ4v) is 2.01. The first-order chi connectivity index (χ1) is 9.54. The van der Waals surface area contributed by atoms with E-state index in [4.69, 9.17) is 17.3 Å². The second-order valence-corrected chi connectivity index (χ2v) is 5.10. The zero-order valence-corrected chi connectivity index (χ0v) is 12.0. The molecule has 1 aromatic heterocycles. The Morgan fingerprint density at radius 2 is 2.30 bits per heavy atom. The van der Waals surface area contributed by atoms with Gasteiger partial charge < -0.3 is 11.1 Å². The van der Waals surface area contributed by atoms with Gasteiger partial charge in [-0.05, 0) is 37.1 Å². The third-order valence-corrected chi connectivity index (χ3v) is 3.08. The van der Waals surface area contributed by atoms with Gasteiger partial charge in [-0.25, -0.2) is 0 Å². The molecule has 2 rings (SSSR count). The van der Waals surface area contributed by atoms with Crippen LogP contribution in [0.5, 0.6) is 0 Å². The van der Waals surface area contributed by atoms with Crippen molar-refractivity contribution in [3.63, 3.8) is 0 Å². The molecule has 3 N–H and O–H groups in total. The molecule has 0 spiro atoms. The van der Waals surface area contributed by atoms with Crippen LogP contribution in [0.25, 0.3) is 0 Å². The highest BCUT2D eigenvalue weighted by atomic mass is 35.5. The number of benzene rings is 1. The molecule has 106 valence electrons. The fraction of sp³-hybridized carbons (Fsp3) is 0.286. The van der Waals surface area contributed by atoms with Crippen LogP contribution in [0.3, 0.4) is 0 Å². The number of carbonyl (C=O) groups excluding carboxylic acids is 1. The molecule has 0 aliphatic rings. The van der Waals surface area contributed by atoms with Crippen molar-refractivity contribution in [2.45, 2.75) is 26.3 Å². The lowest BCUT2D eigenvalue weighted by atomic mass is 10.2. The molecule has 20 heavy (non-hydrogen) atoms. The van der Waals surface area contributed by atoms with Gasteiger partial charge in [0.25, 0.3) is 0 Å². The van der Waals surface area contributed by atoms with Crippen molar-refractivity contribution in [3.05, 3.63) is 41.2 Å². The predicted molar refractivity (Wildman–Crippen MR) is 80.7 cm³/mol. The van der Waals surface area contributed by atoms with E-state index in [1.165, 1.54) is 0 Å². The van der Waals surface area contributed by atoms with Crippen molar-refractivity contribution < 1.29 is 4.79 Å². The molecule has 0 saturated carbocycles. The summed E-state index contributed by atoms with van der Waals surface area (Å²) < 4.78 is 1.83. The summed E-state index contributed by atoms with van der Waals surface area (Å²) >= 11 is 5.87. The summed E-state index contributed by atoms with van der Waals surface area (Å²) in [5.74, 6) is -0.0807. The smallest absolute Gasteiger partial charge is 0.224 e. The van der Waals surface area contributed by atoms with E-state index in [1.807, 2.05) is 17.8 Å². The van der Waals surface area contributed by atoms with Crippen molar-refractivity contribution >= 4 is 28.9 Å². The van der Waals surface area contributed by atoms with E-state index in [1.54, 1.807) is 24.4 Å². The van der Waals surface area contributed by atoms with Crippen molar-refractivity contribution in [1.82, 2.24) is 9.78 Å². The summed E-state index contributed by atoms with van der Waals surface area (Å²) in [5.41, 5.74) is 7.94. The lowest BCUT2D eigenvalue weighted by Gasteiger charge is -2.08. The number of amides is 1. The zero-order valence-electron chi connectivity index (χ0n) is 11.3. The number of aromatic nitrogens is 2. The number of nitrogens with zero attached hydrogens (tertiary/aromatic N) is 2. The average molecular weight is 293 g/mol. The average Bonchev–Trinajstić information content (AvgIpc) is 2.80. The van der Waals surface area contributed by atoms with Gasteiger partial charge >= 0.3 is 0 Å². The minimum atomic E-state index is -0.0807. The number of nitrogens with one attached hydrogen (secondary N) is 1. The molecular formula is C14H17ClN4O. The first kappa shape index (κ1) is 14.4. The summed E-state index contributed by atoms with van der Waals surface area (Å²) in [5, 5.41) is 7.48. The topological polar surface area (TPSA) is 72.9 Å². The van der Waals surface area contributed by atoms with Gasteiger partial charge in [0.15, 0.2) is 0 Å². The van der Waals surface area contributed by atoms with Crippen LogP contribution in [-0.4, -0.2) is 15.7 Å². The number of aryl methyl sites for hydroxylation is 2. The number of hydrogen-bond donors (Lipinski definition) is 2. The normalized spacial score (nSPS) is 10.5. The molecule has 1 heterocycles. The summed E-state index contributed by atoms with van der Waals surface area (Å²) in [6.45, 7) is 2.70. The standard InChI is InChI=1S/C14H17ClN4O/c1-10-8-17-19(9-10)6-2-3-14(20)18-13-7-11(15)4-5-12(13)16/h4-5,7-9H,2-3,6,16H2,1H3,(H,18,20). The highest BCUT2D eigenvalue weighted by molar-refractivity contribution is 6.31. The zero-order chi connectivity index (χ0) is 14.5. The Kier molecular flexibility index (Phi) is 4.63. The van der Waals surface area contributed by atoms with E-state index in [-0.39, 0.29) is 5.91 Å². The Bertz CT molecular complexity index is 609. The Labute approximate surface area is 122 Å². The number of rotatable bonds is 5. The molecule has 0 unspecified atom stereocenters. The van der Waals surface area contributed by atoms with Gasteiger partial charge in [0.2, 0.25) is 5.91 Å². The van der Waals surface area contributed by atoms with E-state index < -0.39 is 0 Å². The van der Waals surface area contributed by atoms with E-state index in [0.29, 0.717) is 35.8 Å². The van der Waals surface area contributed by atoms with Gasteiger partial charge in [0, 0.05) is 24.2 Å². The van der Waals surface area contributed by atoms with E-state index >= 15 is 0 Å². The molecule has 1 aromatic carbocycles. The second-order valence-electron chi connectivity index (χ2n) is 4.66.